The molecule has 0 radical (unpaired) electrons. The first-order chi connectivity index (χ1) is 21.1. The summed E-state index contributed by atoms with van der Waals surface area (Å²) in [6, 6.07) is 43.1. The third kappa shape index (κ3) is 4.48. The van der Waals surface area contributed by atoms with Crippen LogP contribution >= 0.6 is 0 Å². The van der Waals surface area contributed by atoms with Crippen LogP contribution in [0.5, 0.6) is 0 Å². The molecule has 2 atom stereocenters. The van der Waals surface area contributed by atoms with Crippen LogP contribution in [0.1, 0.15) is 44.9 Å². The van der Waals surface area contributed by atoms with Crippen molar-refractivity contribution in [2.75, 3.05) is 11.9 Å². The van der Waals surface area contributed by atoms with Gasteiger partial charge in [0, 0.05) is 30.3 Å². The predicted molar refractivity (Wildman–Crippen MR) is 181 cm³/mol. The fraction of sp³-hybridized carbons (Fsp3) is 0.143. The van der Waals surface area contributed by atoms with Crippen molar-refractivity contribution in [3.63, 3.8) is 0 Å². The van der Waals surface area contributed by atoms with Gasteiger partial charge < -0.3 is 4.90 Å². The lowest BCUT2D eigenvalue weighted by Crippen LogP contribution is -2.23. The number of nitrogens with zero attached hydrogens (tertiary/aromatic N) is 1. The molecule has 0 aromatic heterocycles. The molecule has 0 saturated heterocycles. The van der Waals surface area contributed by atoms with Crippen LogP contribution in [0.15, 0.2) is 145 Å². The molecular formula is C42H35N. The zero-order chi connectivity index (χ0) is 28.9. The van der Waals surface area contributed by atoms with Crippen LogP contribution in [0.4, 0.5) is 11.4 Å². The zero-order valence-corrected chi connectivity index (χ0v) is 24.8. The van der Waals surface area contributed by atoms with Gasteiger partial charge in [-0.1, -0.05) is 121 Å². The molecule has 0 saturated carbocycles. The molecule has 0 heterocycles. The average molecular weight is 554 g/mol. The van der Waals surface area contributed by atoms with Crippen molar-refractivity contribution >= 4 is 16.9 Å². The molecule has 0 spiro atoms. The summed E-state index contributed by atoms with van der Waals surface area (Å²) in [5.41, 5.74) is 17.4. The lowest BCUT2D eigenvalue weighted by molar-refractivity contribution is 0.649. The van der Waals surface area contributed by atoms with Gasteiger partial charge in [-0.05, 0) is 99.7 Å². The van der Waals surface area contributed by atoms with Crippen LogP contribution in [0.25, 0.3) is 16.7 Å². The van der Waals surface area contributed by atoms with Crippen molar-refractivity contribution < 1.29 is 0 Å². The van der Waals surface area contributed by atoms with Gasteiger partial charge in [0.15, 0.2) is 0 Å². The third-order valence-electron chi connectivity index (χ3n) is 9.64. The van der Waals surface area contributed by atoms with E-state index in [4.69, 9.17) is 0 Å². The highest BCUT2D eigenvalue weighted by Gasteiger charge is 2.35. The number of anilines is 2. The maximum absolute atomic E-state index is 2.40. The Balaban J connectivity index is 1.19. The van der Waals surface area contributed by atoms with Crippen molar-refractivity contribution in [1.29, 1.82) is 0 Å². The van der Waals surface area contributed by atoms with Gasteiger partial charge in [0.05, 0.1) is 0 Å². The maximum Gasteiger partial charge on any atom is 0.0414 e. The summed E-state index contributed by atoms with van der Waals surface area (Å²) in [5, 5.41) is 0. The average Bonchev–Trinajstić information content (AvgIpc) is 3.04. The molecule has 0 fully saturated rings. The number of rotatable bonds is 5. The molecular weight excluding hydrogens is 518 g/mol. The van der Waals surface area contributed by atoms with Crippen molar-refractivity contribution in [3.05, 3.63) is 184 Å². The Kier molecular flexibility index (Phi) is 6.26. The Labute approximate surface area is 255 Å². The fourth-order valence-electron chi connectivity index (χ4n) is 7.30. The minimum absolute atomic E-state index is 0.239. The van der Waals surface area contributed by atoms with E-state index in [1.165, 1.54) is 85.4 Å². The SMILES string of the molecule is Cc1cccc(C2=C3C=CC=CC3C(c3cccc(N(C)c4cccc(-c5ccc6c(c5)CC6)c4)c3)c3ccccc32)c1. The van der Waals surface area contributed by atoms with Crippen LogP contribution in [-0.4, -0.2) is 7.05 Å². The quantitative estimate of drug-likeness (QED) is 0.209. The molecule has 1 heteroatoms. The van der Waals surface area contributed by atoms with Gasteiger partial charge in [0.25, 0.3) is 0 Å². The Hall–Kier alpha value is -4.88. The van der Waals surface area contributed by atoms with Crippen molar-refractivity contribution in [2.45, 2.75) is 25.7 Å². The van der Waals surface area contributed by atoms with Gasteiger partial charge in [0.2, 0.25) is 0 Å². The molecule has 0 N–H and O–H groups in total. The molecule has 3 aliphatic rings. The lowest BCUT2D eigenvalue weighted by Gasteiger charge is -2.37. The molecule has 0 amide bonds. The van der Waals surface area contributed by atoms with E-state index in [9.17, 15) is 0 Å². The number of benzene rings is 5. The van der Waals surface area contributed by atoms with Crippen molar-refractivity contribution in [1.82, 2.24) is 0 Å². The van der Waals surface area contributed by atoms with E-state index in [0.717, 1.165) is 0 Å². The molecule has 5 aromatic carbocycles. The van der Waals surface area contributed by atoms with Crippen LogP contribution in [0.3, 0.4) is 0 Å². The number of aryl methyl sites for hydroxylation is 3. The Bertz CT molecular complexity index is 1970. The van der Waals surface area contributed by atoms with Crippen molar-refractivity contribution in [3.8, 4) is 11.1 Å². The minimum Gasteiger partial charge on any atom is -0.345 e. The van der Waals surface area contributed by atoms with E-state index in [2.05, 4.69) is 158 Å². The first-order valence-electron chi connectivity index (χ1n) is 15.5. The normalized spacial score (nSPS) is 18.0. The molecule has 3 aliphatic carbocycles. The second-order valence-electron chi connectivity index (χ2n) is 12.2. The van der Waals surface area contributed by atoms with Crippen LogP contribution in [0, 0.1) is 12.8 Å². The monoisotopic (exact) mass is 553 g/mol. The summed E-state index contributed by atoms with van der Waals surface area (Å²) in [6.45, 7) is 2.18. The van der Waals surface area contributed by atoms with Crippen molar-refractivity contribution in [2.24, 2.45) is 5.92 Å². The molecule has 43 heavy (non-hydrogen) atoms. The number of hydrogen-bond donors (Lipinski definition) is 0. The van der Waals surface area contributed by atoms with E-state index in [-0.39, 0.29) is 11.8 Å². The first-order valence-corrected chi connectivity index (χ1v) is 15.5. The minimum atomic E-state index is 0.239. The lowest BCUT2D eigenvalue weighted by atomic mass is 9.66. The van der Waals surface area contributed by atoms with Crippen LogP contribution in [-0.2, 0) is 12.8 Å². The summed E-state index contributed by atoms with van der Waals surface area (Å²) >= 11 is 0. The topological polar surface area (TPSA) is 3.24 Å². The van der Waals surface area contributed by atoms with Crippen LogP contribution in [0.2, 0.25) is 0 Å². The zero-order valence-electron chi connectivity index (χ0n) is 24.8. The molecule has 5 aromatic rings. The van der Waals surface area contributed by atoms with E-state index < -0.39 is 0 Å². The van der Waals surface area contributed by atoms with E-state index >= 15 is 0 Å². The largest absolute Gasteiger partial charge is 0.345 e. The second kappa shape index (κ2) is 10.4. The standard InChI is InChI=1S/C42H35N/c1-28-10-7-12-33(24-28)41-37-16-3-5-18-39(37)42(40-19-6-4-17-38(40)41)34-13-9-15-36(27-34)43(2)35-14-8-11-30(26-35)32-23-21-29-20-22-31(29)25-32/h3-19,21,23-27,39,42H,20,22H2,1-2H3. The predicted octanol–water partition coefficient (Wildman–Crippen LogP) is 10.2. The molecule has 1 nitrogen and oxygen atoms in total. The van der Waals surface area contributed by atoms with Crippen LogP contribution < -0.4 is 4.90 Å². The summed E-state index contributed by atoms with van der Waals surface area (Å²) in [4.78, 5) is 2.33. The molecule has 0 bridgehead atoms. The second-order valence-corrected chi connectivity index (χ2v) is 12.2. The Morgan fingerprint density at radius 1 is 0.628 bits per heavy atom. The smallest absolute Gasteiger partial charge is 0.0414 e. The highest BCUT2D eigenvalue weighted by atomic mass is 15.1. The van der Waals surface area contributed by atoms with Gasteiger partial charge in [-0.2, -0.15) is 0 Å². The van der Waals surface area contributed by atoms with E-state index in [1.807, 2.05) is 0 Å². The highest BCUT2D eigenvalue weighted by molar-refractivity contribution is 5.89. The molecule has 8 rings (SSSR count). The van der Waals surface area contributed by atoms with E-state index in [0.29, 0.717) is 0 Å². The van der Waals surface area contributed by atoms with Gasteiger partial charge in [-0.3, -0.25) is 0 Å². The Morgan fingerprint density at radius 3 is 2.23 bits per heavy atom. The third-order valence-corrected chi connectivity index (χ3v) is 9.64. The number of fused-ring (bicyclic) bond motifs is 3. The molecule has 0 aliphatic heterocycles. The molecule has 208 valence electrons. The summed E-state index contributed by atoms with van der Waals surface area (Å²) < 4.78 is 0. The fourth-order valence-corrected chi connectivity index (χ4v) is 7.30. The summed E-state index contributed by atoms with van der Waals surface area (Å²) in [6.07, 6.45) is 11.6. The number of hydrogen-bond acceptors (Lipinski definition) is 1. The summed E-state index contributed by atoms with van der Waals surface area (Å²) in [7, 11) is 2.19. The van der Waals surface area contributed by atoms with E-state index in [1.54, 1.807) is 0 Å². The van der Waals surface area contributed by atoms with Gasteiger partial charge in [0.1, 0.15) is 0 Å². The van der Waals surface area contributed by atoms with Gasteiger partial charge in [-0.15, -0.1) is 0 Å². The molecule has 2 unspecified atom stereocenters. The number of allylic oxidation sites excluding steroid dienone is 5. The maximum atomic E-state index is 2.40. The Morgan fingerprint density at radius 2 is 1.40 bits per heavy atom. The first kappa shape index (κ1) is 25.8. The van der Waals surface area contributed by atoms with Gasteiger partial charge >= 0.3 is 0 Å². The summed E-state index contributed by atoms with van der Waals surface area (Å²) in [5.74, 6) is 0.512. The highest BCUT2D eigenvalue weighted by Crippen LogP contribution is 2.50. The van der Waals surface area contributed by atoms with Gasteiger partial charge in [-0.25, -0.2) is 0 Å².